The standard InChI is InChI=1S/C23H32N/c1-6-9-12-18-14-15-20-19(17-18)21-13-10-11-16-24(21)23(5,8-3)22(20,4)7-2/h10-11,13-17H,6-9,12H2,1-5H3/q+1. The van der Waals surface area contributed by atoms with Crippen molar-refractivity contribution >= 4 is 0 Å². The van der Waals surface area contributed by atoms with Gasteiger partial charge in [-0.05, 0) is 49.4 Å². The average Bonchev–Trinajstić information content (AvgIpc) is 2.64. The van der Waals surface area contributed by atoms with Gasteiger partial charge >= 0.3 is 0 Å². The van der Waals surface area contributed by atoms with Crippen LogP contribution >= 0.6 is 0 Å². The van der Waals surface area contributed by atoms with Crippen molar-refractivity contribution in [3.63, 3.8) is 0 Å². The zero-order valence-electron chi connectivity index (χ0n) is 16.0. The van der Waals surface area contributed by atoms with Gasteiger partial charge in [-0.2, -0.15) is 4.57 Å². The van der Waals surface area contributed by atoms with E-state index in [-0.39, 0.29) is 11.0 Å². The molecular weight excluding hydrogens is 290 g/mol. The topological polar surface area (TPSA) is 3.88 Å². The van der Waals surface area contributed by atoms with Crippen molar-refractivity contribution in [2.45, 2.75) is 77.7 Å². The molecule has 24 heavy (non-hydrogen) atoms. The molecule has 1 aromatic carbocycles. The highest BCUT2D eigenvalue weighted by Crippen LogP contribution is 2.49. The second-order valence-electron chi connectivity index (χ2n) is 7.75. The number of unbranched alkanes of at least 4 members (excludes halogenated alkanes) is 1. The number of hydrogen-bond donors (Lipinski definition) is 0. The second kappa shape index (κ2) is 6.35. The Balaban J connectivity index is 2.26. The summed E-state index contributed by atoms with van der Waals surface area (Å²) >= 11 is 0. The predicted octanol–water partition coefficient (Wildman–Crippen LogP) is 5.79. The maximum absolute atomic E-state index is 2.54. The fourth-order valence-electron chi connectivity index (χ4n) is 4.60. The van der Waals surface area contributed by atoms with Crippen molar-refractivity contribution in [2.75, 3.05) is 0 Å². The monoisotopic (exact) mass is 322 g/mol. The number of rotatable bonds is 5. The van der Waals surface area contributed by atoms with E-state index < -0.39 is 0 Å². The Morgan fingerprint density at radius 2 is 1.75 bits per heavy atom. The summed E-state index contributed by atoms with van der Waals surface area (Å²) in [4.78, 5) is 0. The molecule has 0 bridgehead atoms. The van der Waals surface area contributed by atoms with E-state index in [1.165, 1.54) is 41.6 Å². The summed E-state index contributed by atoms with van der Waals surface area (Å²) < 4.78 is 2.54. The van der Waals surface area contributed by atoms with Crippen LogP contribution in [0.2, 0.25) is 0 Å². The lowest BCUT2D eigenvalue weighted by molar-refractivity contribution is -0.765. The molecule has 1 aliphatic rings. The van der Waals surface area contributed by atoms with E-state index >= 15 is 0 Å². The molecule has 0 radical (unpaired) electrons. The van der Waals surface area contributed by atoms with Crippen molar-refractivity contribution in [1.29, 1.82) is 0 Å². The van der Waals surface area contributed by atoms with E-state index in [0.29, 0.717) is 0 Å². The largest absolute Gasteiger partial charge is 0.213 e. The first kappa shape index (κ1) is 17.2. The van der Waals surface area contributed by atoms with Crippen molar-refractivity contribution in [2.24, 2.45) is 0 Å². The van der Waals surface area contributed by atoms with Crippen molar-refractivity contribution < 1.29 is 4.57 Å². The minimum atomic E-state index is 0.107. The van der Waals surface area contributed by atoms with E-state index in [1.54, 1.807) is 0 Å². The number of hydrogen-bond acceptors (Lipinski definition) is 0. The second-order valence-corrected chi connectivity index (χ2v) is 7.75. The van der Waals surface area contributed by atoms with Crippen molar-refractivity contribution in [1.82, 2.24) is 0 Å². The van der Waals surface area contributed by atoms with Gasteiger partial charge in [0.25, 0.3) is 0 Å². The number of aryl methyl sites for hydroxylation is 1. The summed E-state index contributed by atoms with van der Waals surface area (Å²) in [6.07, 6.45) is 8.28. The van der Waals surface area contributed by atoms with Crippen LogP contribution in [0.4, 0.5) is 0 Å². The van der Waals surface area contributed by atoms with Gasteiger partial charge in [0.15, 0.2) is 11.7 Å². The molecule has 0 amide bonds. The Morgan fingerprint density at radius 3 is 2.42 bits per heavy atom. The maximum Gasteiger partial charge on any atom is 0.213 e. The molecule has 0 saturated carbocycles. The van der Waals surface area contributed by atoms with Crippen LogP contribution in [-0.2, 0) is 17.4 Å². The minimum absolute atomic E-state index is 0.107. The quantitative estimate of drug-likeness (QED) is 0.613. The molecule has 0 N–H and O–H groups in total. The molecule has 3 rings (SSSR count). The van der Waals surface area contributed by atoms with Crippen LogP contribution in [0.5, 0.6) is 0 Å². The Hall–Kier alpha value is -1.63. The van der Waals surface area contributed by atoms with Gasteiger partial charge < -0.3 is 0 Å². The van der Waals surface area contributed by atoms with E-state index in [2.05, 4.69) is 81.8 Å². The zero-order valence-corrected chi connectivity index (χ0v) is 16.0. The molecule has 1 aliphatic heterocycles. The van der Waals surface area contributed by atoms with Gasteiger partial charge in [-0.25, -0.2) is 0 Å². The molecule has 1 aromatic heterocycles. The van der Waals surface area contributed by atoms with E-state index in [0.717, 1.165) is 12.8 Å². The summed E-state index contributed by atoms with van der Waals surface area (Å²) in [5.41, 5.74) is 6.08. The third-order valence-electron chi connectivity index (χ3n) is 6.75. The third kappa shape index (κ3) is 2.32. The first-order valence-electron chi connectivity index (χ1n) is 9.66. The molecule has 2 unspecified atom stereocenters. The minimum Gasteiger partial charge on any atom is -0.192 e. The SMILES string of the molecule is CCCCc1ccc2c(c1)-c1cccc[n+]1C(C)(CC)C2(C)CC. The Bertz CT molecular complexity index is 733. The Kier molecular flexibility index (Phi) is 4.55. The van der Waals surface area contributed by atoms with Crippen LogP contribution in [-0.4, -0.2) is 0 Å². The fraction of sp³-hybridized carbons (Fsp3) is 0.522. The molecule has 0 saturated heterocycles. The molecule has 2 atom stereocenters. The van der Waals surface area contributed by atoms with Gasteiger partial charge in [-0.1, -0.05) is 39.3 Å². The molecule has 1 nitrogen and oxygen atoms in total. The van der Waals surface area contributed by atoms with Crippen LogP contribution in [0, 0.1) is 0 Å². The van der Waals surface area contributed by atoms with Crippen molar-refractivity contribution in [3.8, 4) is 11.3 Å². The van der Waals surface area contributed by atoms with Gasteiger partial charge in [0, 0.05) is 25.5 Å². The predicted molar refractivity (Wildman–Crippen MR) is 102 cm³/mol. The van der Waals surface area contributed by atoms with Gasteiger partial charge in [0.1, 0.15) is 0 Å². The van der Waals surface area contributed by atoms with Crippen LogP contribution in [0.3, 0.4) is 0 Å². The lowest BCUT2D eigenvalue weighted by Crippen LogP contribution is -2.67. The van der Waals surface area contributed by atoms with Gasteiger partial charge in [-0.15, -0.1) is 0 Å². The molecule has 128 valence electrons. The lowest BCUT2D eigenvalue weighted by Gasteiger charge is -2.46. The first-order valence-corrected chi connectivity index (χ1v) is 9.66. The first-order chi connectivity index (χ1) is 11.5. The highest BCUT2D eigenvalue weighted by atomic mass is 15.1. The summed E-state index contributed by atoms with van der Waals surface area (Å²) in [7, 11) is 0. The summed E-state index contributed by atoms with van der Waals surface area (Å²) in [5, 5.41) is 0. The van der Waals surface area contributed by atoms with E-state index in [1.807, 2.05) is 0 Å². The molecule has 2 heterocycles. The molecule has 0 aliphatic carbocycles. The zero-order chi connectivity index (χ0) is 17.4. The summed E-state index contributed by atoms with van der Waals surface area (Å²) in [6, 6.07) is 13.9. The molecule has 2 aromatic rings. The highest BCUT2D eigenvalue weighted by molar-refractivity contribution is 5.66. The summed E-state index contributed by atoms with van der Waals surface area (Å²) in [6.45, 7) is 11.8. The third-order valence-corrected chi connectivity index (χ3v) is 6.75. The van der Waals surface area contributed by atoms with Crippen LogP contribution in [0.15, 0.2) is 42.6 Å². The normalized spacial score (nSPS) is 25.2. The number of benzene rings is 1. The lowest BCUT2D eigenvalue weighted by atomic mass is 9.60. The number of fused-ring (bicyclic) bond motifs is 3. The van der Waals surface area contributed by atoms with Gasteiger partial charge in [0.2, 0.25) is 5.69 Å². The maximum atomic E-state index is 2.54. The summed E-state index contributed by atoms with van der Waals surface area (Å²) in [5.74, 6) is 0. The fourth-order valence-corrected chi connectivity index (χ4v) is 4.60. The Morgan fingerprint density at radius 1 is 0.958 bits per heavy atom. The number of nitrogens with zero attached hydrogens (tertiary/aromatic N) is 1. The molecule has 0 fully saturated rings. The van der Waals surface area contributed by atoms with E-state index in [9.17, 15) is 0 Å². The average molecular weight is 323 g/mol. The molecule has 0 spiro atoms. The smallest absolute Gasteiger partial charge is 0.192 e. The van der Waals surface area contributed by atoms with Crippen molar-refractivity contribution in [3.05, 3.63) is 53.7 Å². The van der Waals surface area contributed by atoms with Gasteiger partial charge in [0.05, 0.1) is 11.0 Å². The Labute approximate surface area is 147 Å². The van der Waals surface area contributed by atoms with Crippen LogP contribution < -0.4 is 4.57 Å². The number of aromatic nitrogens is 1. The van der Waals surface area contributed by atoms with Crippen LogP contribution in [0.1, 0.15) is 71.4 Å². The van der Waals surface area contributed by atoms with Crippen LogP contribution in [0.25, 0.3) is 11.3 Å². The number of pyridine rings is 1. The highest BCUT2D eigenvalue weighted by Gasteiger charge is 2.56. The molecule has 1 heteroatoms. The molecular formula is C23H32N+. The van der Waals surface area contributed by atoms with Gasteiger partial charge in [-0.3, -0.25) is 0 Å². The van der Waals surface area contributed by atoms with E-state index in [4.69, 9.17) is 0 Å².